The second-order valence-corrected chi connectivity index (χ2v) is 15.1. The van der Waals surface area contributed by atoms with Gasteiger partial charge in [0, 0.05) is 25.1 Å². The molecule has 0 heterocycles. The smallest absolute Gasteiger partial charge is 0.410 e. The van der Waals surface area contributed by atoms with E-state index in [0.717, 1.165) is 12.0 Å². The summed E-state index contributed by atoms with van der Waals surface area (Å²) in [5.41, 5.74) is -1.22. The van der Waals surface area contributed by atoms with Crippen molar-refractivity contribution in [2.45, 2.75) is 126 Å². The van der Waals surface area contributed by atoms with Gasteiger partial charge in [0.25, 0.3) is 0 Å². The van der Waals surface area contributed by atoms with E-state index in [1.54, 1.807) is 52.6 Å². The minimum atomic E-state index is -1.06. The number of benzene rings is 1. The summed E-state index contributed by atoms with van der Waals surface area (Å²) in [6.07, 6.45) is 1.94. The number of esters is 1. The van der Waals surface area contributed by atoms with Crippen molar-refractivity contribution in [2.24, 2.45) is 11.3 Å². The van der Waals surface area contributed by atoms with Crippen LogP contribution in [0.4, 0.5) is 4.79 Å². The first-order valence-corrected chi connectivity index (χ1v) is 16.6. The van der Waals surface area contributed by atoms with E-state index in [4.69, 9.17) is 14.2 Å². The van der Waals surface area contributed by atoms with Crippen molar-refractivity contribution < 1.29 is 33.4 Å². The predicted octanol–water partition coefficient (Wildman–Crippen LogP) is 6.51. The Morgan fingerprint density at radius 3 is 1.89 bits per heavy atom. The van der Waals surface area contributed by atoms with Crippen molar-refractivity contribution in [1.29, 1.82) is 0 Å². The lowest BCUT2D eigenvalue weighted by molar-refractivity contribution is -0.142. The van der Waals surface area contributed by atoms with Crippen LogP contribution in [0.3, 0.4) is 0 Å². The Balaban J connectivity index is 3.64. The molecule has 10 nitrogen and oxygen atoms in total. The molecule has 47 heavy (non-hydrogen) atoms. The molecule has 0 aliphatic rings. The molecule has 1 aromatic rings. The van der Waals surface area contributed by atoms with Crippen LogP contribution >= 0.6 is 0 Å². The summed E-state index contributed by atoms with van der Waals surface area (Å²) in [5, 5.41) is 3.03. The van der Waals surface area contributed by atoms with Crippen molar-refractivity contribution >= 4 is 23.9 Å². The molecule has 0 aromatic heterocycles. The molecule has 0 aliphatic heterocycles. The Hall–Kier alpha value is -3.56. The van der Waals surface area contributed by atoms with E-state index in [-0.39, 0.29) is 18.4 Å². The largest absolute Gasteiger partial charge is 0.494 e. The van der Waals surface area contributed by atoms with Gasteiger partial charge >= 0.3 is 12.1 Å². The number of nitrogens with zero attached hydrogens (tertiary/aromatic N) is 2. The van der Waals surface area contributed by atoms with E-state index in [1.165, 1.54) is 11.9 Å². The first-order valence-electron chi connectivity index (χ1n) is 16.6. The van der Waals surface area contributed by atoms with Gasteiger partial charge in [-0.2, -0.15) is 0 Å². The van der Waals surface area contributed by atoms with Crippen LogP contribution in [0.2, 0.25) is 0 Å². The molecule has 0 saturated carbocycles. The third kappa shape index (κ3) is 11.9. The molecule has 1 N–H and O–H groups in total. The Labute approximate surface area is 283 Å². The van der Waals surface area contributed by atoms with Gasteiger partial charge in [0.2, 0.25) is 11.8 Å². The highest BCUT2D eigenvalue weighted by Crippen LogP contribution is 2.33. The van der Waals surface area contributed by atoms with Gasteiger partial charge in [0.15, 0.2) is 0 Å². The summed E-state index contributed by atoms with van der Waals surface area (Å²) < 4.78 is 16.6. The number of ether oxygens (including phenoxy) is 3. The van der Waals surface area contributed by atoms with Crippen LogP contribution in [0.15, 0.2) is 35.9 Å². The molecular formula is C37H61N3O7. The maximum atomic E-state index is 14.5. The van der Waals surface area contributed by atoms with E-state index >= 15 is 0 Å². The molecule has 0 unspecified atom stereocenters. The summed E-state index contributed by atoms with van der Waals surface area (Å²) in [5.74, 6) is -0.609. The Morgan fingerprint density at radius 2 is 1.45 bits per heavy atom. The van der Waals surface area contributed by atoms with Crippen LogP contribution in [0.25, 0.3) is 0 Å². The van der Waals surface area contributed by atoms with Crippen molar-refractivity contribution in [1.82, 2.24) is 15.1 Å². The summed E-state index contributed by atoms with van der Waals surface area (Å²) in [7, 11) is 3.21. The standard InChI is InChI=1S/C37H61N3O7/c1-16-22-46-27-20-18-26(19-21-27)37(12,13)30(40(15)34(44)47-36(9,10)11)31(41)38-29(35(6,7)8)32(42)39(14)28(24(3)4)23-25(5)33(43)45-17-2/h18-21,23-24,28-30H,16-17,22H2,1-15H3,(H,38,41)/b25-23+/t28-,29-,30-/m1/s1. The van der Waals surface area contributed by atoms with Crippen LogP contribution in [0.5, 0.6) is 5.75 Å². The number of rotatable bonds is 14. The molecule has 0 bridgehead atoms. The molecule has 1 aromatic carbocycles. The second kappa shape index (κ2) is 17.0. The Kier molecular flexibility index (Phi) is 15.0. The zero-order valence-corrected chi connectivity index (χ0v) is 31.6. The van der Waals surface area contributed by atoms with Gasteiger partial charge in [0.1, 0.15) is 23.4 Å². The van der Waals surface area contributed by atoms with Crippen molar-refractivity contribution in [3.63, 3.8) is 0 Å². The summed E-state index contributed by atoms with van der Waals surface area (Å²) in [4.78, 5) is 57.4. The van der Waals surface area contributed by atoms with Gasteiger partial charge in [-0.1, -0.05) is 73.6 Å². The molecule has 3 amide bonds. The zero-order chi connectivity index (χ0) is 36.5. The van der Waals surface area contributed by atoms with E-state index < -0.39 is 52.5 Å². The Bertz CT molecular complexity index is 1240. The minimum absolute atomic E-state index is 0.0427. The fourth-order valence-electron chi connectivity index (χ4n) is 5.33. The molecule has 0 aliphatic carbocycles. The lowest BCUT2D eigenvalue weighted by atomic mass is 9.76. The topological polar surface area (TPSA) is 114 Å². The monoisotopic (exact) mass is 659 g/mol. The van der Waals surface area contributed by atoms with Crippen molar-refractivity contribution in [2.75, 3.05) is 27.3 Å². The molecular weight excluding hydrogens is 598 g/mol. The predicted molar refractivity (Wildman–Crippen MR) is 186 cm³/mol. The summed E-state index contributed by atoms with van der Waals surface area (Å²) in [6.45, 7) is 24.9. The lowest BCUT2D eigenvalue weighted by Crippen LogP contribution is -2.63. The van der Waals surface area contributed by atoms with Crippen LogP contribution < -0.4 is 10.1 Å². The first-order chi connectivity index (χ1) is 21.5. The number of amides is 3. The highest BCUT2D eigenvalue weighted by Gasteiger charge is 2.46. The molecule has 3 atom stereocenters. The molecule has 0 saturated heterocycles. The number of hydrogen-bond acceptors (Lipinski definition) is 7. The second-order valence-electron chi connectivity index (χ2n) is 15.1. The van der Waals surface area contributed by atoms with Gasteiger partial charge in [0.05, 0.1) is 19.3 Å². The summed E-state index contributed by atoms with van der Waals surface area (Å²) >= 11 is 0. The van der Waals surface area contributed by atoms with Gasteiger partial charge in [-0.3, -0.25) is 14.5 Å². The number of hydrogen-bond donors (Lipinski definition) is 1. The molecule has 0 spiro atoms. The highest BCUT2D eigenvalue weighted by molar-refractivity contribution is 5.93. The van der Waals surface area contributed by atoms with Crippen LogP contribution in [-0.4, -0.2) is 84.7 Å². The average molecular weight is 660 g/mol. The van der Waals surface area contributed by atoms with Gasteiger partial charge in [-0.15, -0.1) is 0 Å². The highest BCUT2D eigenvalue weighted by atomic mass is 16.6. The maximum Gasteiger partial charge on any atom is 0.410 e. The maximum absolute atomic E-state index is 14.5. The third-order valence-electron chi connectivity index (χ3n) is 7.97. The number of carbonyl (C=O) groups is 4. The van der Waals surface area contributed by atoms with Gasteiger partial charge < -0.3 is 24.4 Å². The molecule has 266 valence electrons. The normalized spacial score (nSPS) is 14.5. The van der Waals surface area contributed by atoms with E-state index in [9.17, 15) is 19.2 Å². The van der Waals surface area contributed by atoms with Crippen molar-refractivity contribution in [3.05, 3.63) is 41.5 Å². The molecule has 0 radical (unpaired) electrons. The number of nitrogens with one attached hydrogen (secondary N) is 1. The van der Waals surface area contributed by atoms with E-state index in [1.807, 2.05) is 79.7 Å². The SMILES string of the molecule is CCCOc1ccc(C(C)(C)[C@@H](C(=O)N[C@H](C(=O)N(C)[C@H](/C=C(\C)C(=O)OCC)C(C)C)C(C)(C)C)N(C)C(=O)OC(C)(C)C)cc1. The molecule has 1 rings (SSSR count). The minimum Gasteiger partial charge on any atom is -0.494 e. The van der Waals surface area contributed by atoms with Crippen LogP contribution in [0, 0.1) is 11.3 Å². The van der Waals surface area contributed by atoms with Crippen molar-refractivity contribution in [3.8, 4) is 5.75 Å². The van der Waals surface area contributed by atoms with Crippen LogP contribution in [-0.2, 0) is 29.3 Å². The van der Waals surface area contributed by atoms with Crippen LogP contribution in [0.1, 0.15) is 102 Å². The fourth-order valence-corrected chi connectivity index (χ4v) is 5.33. The fraction of sp³-hybridized carbons (Fsp3) is 0.676. The molecule has 0 fully saturated rings. The first kappa shape index (κ1) is 41.5. The summed E-state index contributed by atoms with van der Waals surface area (Å²) in [6, 6.07) is 5.01. The average Bonchev–Trinajstić information content (AvgIpc) is 2.95. The number of carbonyl (C=O) groups excluding carboxylic acids is 4. The third-order valence-corrected chi connectivity index (χ3v) is 7.97. The van der Waals surface area contributed by atoms with Gasteiger partial charge in [-0.25, -0.2) is 9.59 Å². The lowest BCUT2D eigenvalue weighted by Gasteiger charge is -2.42. The quantitative estimate of drug-likeness (QED) is 0.179. The van der Waals surface area contributed by atoms with E-state index in [2.05, 4.69) is 5.32 Å². The Morgan fingerprint density at radius 1 is 0.894 bits per heavy atom. The zero-order valence-electron chi connectivity index (χ0n) is 31.6. The number of likely N-dealkylation sites (N-methyl/N-ethyl adjacent to an activating group) is 2. The molecule has 10 heteroatoms. The van der Waals surface area contributed by atoms with E-state index in [0.29, 0.717) is 17.9 Å². The van der Waals surface area contributed by atoms with Gasteiger partial charge in [-0.05, 0) is 70.1 Å².